The Morgan fingerprint density at radius 1 is 1.08 bits per heavy atom. The van der Waals surface area contributed by atoms with Crippen LogP contribution in [0.2, 0.25) is 0 Å². The fourth-order valence-electron chi connectivity index (χ4n) is 2.41. The van der Waals surface area contributed by atoms with Crippen LogP contribution in [-0.2, 0) is 0 Å². The van der Waals surface area contributed by atoms with Crippen LogP contribution in [0.1, 0.15) is 10.4 Å². The van der Waals surface area contributed by atoms with E-state index in [-0.39, 0.29) is 0 Å². The molecule has 0 saturated heterocycles. The molecule has 0 aliphatic rings. The second-order valence-electron chi connectivity index (χ2n) is 5.01. The van der Waals surface area contributed by atoms with Crippen molar-refractivity contribution in [1.29, 1.82) is 0 Å². The summed E-state index contributed by atoms with van der Waals surface area (Å²) in [4.78, 5) is 15.8. The number of carbonyl (C=O) groups excluding carboxylic acids is 1. The number of rotatable bonds is 5. The lowest BCUT2D eigenvalue weighted by atomic mass is 10.1. The molecule has 122 valence electrons. The number of oxazole rings is 1. The number of primary amides is 1. The van der Waals surface area contributed by atoms with Crippen molar-refractivity contribution < 1.29 is 18.7 Å². The van der Waals surface area contributed by atoms with Gasteiger partial charge in [-0.3, -0.25) is 4.79 Å². The third-order valence-electron chi connectivity index (χ3n) is 3.60. The van der Waals surface area contributed by atoms with Crippen LogP contribution >= 0.6 is 0 Å². The average molecular weight is 324 g/mol. The van der Waals surface area contributed by atoms with Gasteiger partial charge in [0.05, 0.1) is 31.5 Å². The zero-order valence-corrected chi connectivity index (χ0v) is 13.3. The Labute approximate surface area is 138 Å². The molecule has 0 aliphatic heterocycles. The Morgan fingerprint density at radius 3 is 2.58 bits per heavy atom. The SMILES string of the molecule is COc1ccc(-c2cnc(-c3ccccc3C(N)=O)o2)c(OC)c1. The molecule has 1 aromatic heterocycles. The van der Waals surface area contributed by atoms with Gasteiger partial charge in [0.2, 0.25) is 11.8 Å². The number of amides is 1. The Balaban J connectivity index is 2.05. The van der Waals surface area contributed by atoms with Crippen LogP contribution in [0.25, 0.3) is 22.8 Å². The molecule has 1 amide bonds. The number of hydrogen-bond donors (Lipinski definition) is 1. The van der Waals surface area contributed by atoms with E-state index in [0.717, 1.165) is 5.56 Å². The Kier molecular flexibility index (Phi) is 4.20. The Hall–Kier alpha value is -3.28. The summed E-state index contributed by atoms with van der Waals surface area (Å²) in [6.07, 6.45) is 1.58. The van der Waals surface area contributed by atoms with Gasteiger partial charge in [-0.05, 0) is 24.3 Å². The van der Waals surface area contributed by atoms with Crippen molar-refractivity contribution in [2.24, 2.45) is 5.73 Å². The van der Waals surface area contributed by atoms with Crippen LogP contribution in [0.5, 0.6) is 11.5 Å². The monoisotopic (exact) mass is 324 g/mol. The summed E-state index contributed by atoms with van der Waals surface area (Å²) in [5.41, 5.74) is 7.03. The van der Waals surface area contributed by atoms with Gasteiger partial charge in [-0.15, -0.1) is 0 Å². The molecule has 1 heterocycles. The number of aromatic nitrogens is 1. The van der Waals surface area contributed by atoms with Crippen molar-refractivity contribution in [3.8, 4) is 34.3 Å². The first-order chi connectivity index (χ1) is 11.6. The van der Waals surface area contributed by atoms with Gasteiger partial charge in [0.1, 0.15) is 11.5 Å². The highest BCUT2D eigenvalue weighted by Gasteiger charge is 2.17. The van der Waals surface area contributed by atoms with Crippen molar-refractivity contribution in [2.75, 3.05) is 14.2 Å². The van der Waals surface area contributed by atoms with E-state index < -0.39 is 5.91 Å². The van der Waals surface area contributed by atoms with Crippen molar-refractivity contribution in [3.05, 3.63) is 54.2 Å². The number of hydrogen-bond acceptors (Lipinski definition) is 5. The molecule has 0 atom stereocenters. The van der Waals surface area contributed by atoms with Crippen LogP contribution in [-0.4, -0.2) is 25.1 Å². The van der Waals surface area contributed by atoms with E-state index >= 15 is 0 Å². The zero-order chi connectivity index (χ0) is 17.1. The van der Waals surface area contributed by atoms with Gasteiger partial charge in [0.25, 0.3) is 0 Å². The van der Waals surface area contributed by atoms with Crippen molar-refractivity contribution in [3.63, 3.8) is 0 Å². The van der Waals surface area contributed by atoms with Gasteiger partial charge in [-0.2, -0.15) is 0 Å². The molecule has 0 saturated carbocycles. The largest absolute Gasteiger partial charge is 0.497 e. The summed E-state index contributed by atoms with van der Waals surface area (Å²) in [6, 6.07) is 12.3. The molecular formula is C18H16N2O4. The minimum Gasteiger partial charge on any atom is -0.497 e. The molecule has 6 nitrogen and oxygen atoms in total. The highest BCUT2D eigenvalue weighted by molar-refractivity contribution is 5.98. The summed E-state index contributed by atoms with van der Waals surface area (Å²) in [7, 11) is 3.15. The fourth-order valence-corrected chi connectivity index (χ4v) is 2.41. The van der Waals surface area contributed by atoms with Crippen LogP contribution in [0, 0.1) is 0 Å². The molecule has 0 radical (unpaired) electrons. The van der Waals surface area contributed by atoms with E-state index in [1.807, 2.05) is 6.07 Å². The summed E-state index contributed by atoms with van der Waals surface area (Å²) in [5.74, 6) is 1.57. The molecule has 2 N–H and O–H groups in total. The lowest BCUT2D eigenvalue weighted by Crippen LogP contribution is -2.12. The van der Waals surface area contributed by atoms with Crippen molar-refractivity contribution in [1.82, 2.24) is 4.98 Å². The predicted octanol–water partition coefficient (Wildman–Crippen LogP) is 3.12. The molecule has 0 fully saturated rings. The highest BCUT2D eigenvalue weighted by atomic mass is 16.5. The first kappa shape index (κ1) is 15.6. The molecule has 0 unspecified atom stereocenters. The van der Waals surface area contributed by atoms with Crippen LogP contribution < -0.4 is 15.2 Å². The van der Waals surface area contributed by atoms with Gasteiger partial charge >= 0.3 is 0 Å². The standard InChI is InChI=1S/C18H16N2O4/c1-22-11-7-8-14(15(9-11)23-2)16-10-20-18(24-16)13-6-4-3-5-12(13)17(19)21/h3-10H,1-2H3,(H2,19,21). The molecule has 0 aliphatic carbocycles. The molecule has 0 spiro atoms. The van der Waals surface area contributed by atoms with Gasteiger partial charge in [0, 0.05) is 11.6 Å². The molecule has 3 aromatic rings. The van der Waals surface area contributed by atoms with Crippen molar-refractivity contribution in [2.45, 2.75) is 0 Å². The summed E-state index contributed by atoms with van der Waals surface area (Å²) < 4.78 is 16.4. The lowest BCUT2D eigenvalue weighted by molar-refractivity contribution is 0.100. The van der Waals surface area contributed by atoms with Crippen LogP contribution in [0.3, 0.4) is 0 Å². The maximum absolute atomic E-state index is 11.6. The third-order valence-corrected chi connectivity index (χ3v) is 3.60. The Morgan fingerprint density at radius 2 is 1.88 bits per heavy atom. The van der Waals surface area contributed by atoms with Gasteiger partial charge in [-0.1, -0.05) is 12.1 Å². The highest BCUT2D eigenvalue weighted by Crippen LogP contribution is 2.35. The van der Waals surface area contributed by atoms with E-state index in [1.165, 1.54) is 0 Å². The smallest absolute Gasteiger partial charge is 0.249 e. The summed E-state index contributed by atoms with van der Waals surface area (Å²) >= 11 is 0. The molecular weight excluding hydrogens is 308 g/mol. The molecule has 0 bridgehead atoms. The van der Waals surface area contributed by atoms with E-state index in [0.29, 0.717) is 34.3 Å². The number of ether oxygens (including phenoxy) is 2. The van der Waals surface area contributed by atoms with Gasteiger partial charge < -0.3 is 19.6 Å². The zero-order valence-electron chi connectivity index (χ0n) is 13.3. The van der Waals surface area contributed by atoms with E-state index in [4.69, 9.17) is 19.6 Å². The Bertz CT molecular complexity index is 886. The predicted molar refractivity (Wildman–Crippen MR) is 89.0 cm³/mol. The van der Waals surface area contributed by atoms with E-state index in [1.54, 1.807) is 56.8 Å². The lowest BCUT2D eigenvalue weighted by Gasteiger charge is -2.08. The molecule has 24 heavy (non-hydrogen) atoms. The maximum atomic E-state index is 11.6. The number of carbonyl (C=O) groups is 1. The second kappa shape index (κ2) is 6.45. The van der Waals surface area contributed by atoms with Crippen LogP contribution in [0.15, 0.2) is 53.1 Å². The average Bonchev–Trinajstić information content (AvgIpc) is 3.10. The summed E-state index contributed by atoms with van der Waals surface area (Å²) in [6.45, 7) is 0. The normalized spacial score (nSPS) is 10.4. The minimum absolute atomic E-state index is 0.317. The van der Waals surface area contributed by atoms with Gasteiger partial charge in [0.15, 0.2) is 5.76 Å². The minimum atomic E-state index is -0.535. The maximum Gasteiger partial charge on any atom is 0.249 e. The van der Waals surface area contributed by atoms with Crippen molar-refractivity contribution >= 4 is 5.91 Å². The summed E-state index contributed by atoms with van der Waals surface area (Å²) in [5, 5.41) is 0. The quantitative estimate of drug-likeness (QED) is 0.779. The molecule has 6 heteroatoms. The molecule has 2 aromatic carbocycles. The number of benzene rings is 2. The van der Waals surface area contributed by atoms with Crippen LogP contribution in [0.4, 0.5) is 0 Å². The first-order valence-electron chi connectivity index (χ1n) is 7.21. The van der Waals surface area contributed by atoms with E-state index in [2.05, 4.69) is 4.98 Å². The molecule has 3 rings (SSSR count). The third kappa shape index (κ3) is 2.81. The number of nitrogens with zero attached hydrogens (tertiary/aromatic N) is 1. The first-order valence-corrected chi connectivity index (χ1v) is 7.21. The second-order valence-corrected chi connectivity index (χ2v) is 5.01. The van der Waals surface area contributed by atoms with E-state index in [9.17, 15) is 4.79 Å². The fraction of sp³-hybridized carbons (Fsp3) is 0.111. The topological polar surface area (TPSA) is 87.6 Å². The number of methoxy groups -OCH3 is 2. The number of nitrogens with two attached hydrogens (primary N) is 1. The van der Waals surface area contributed by atoms with Gasteiger partial charge in [-0.25, -0.2) is 4.98 Å².